The van der Waals surface area contributed by atoms with Crippen LogP contribution in [0, 0.1) is 0 Å². The van der Waals surface area contributed by atoms with E-state index in [0.717, 1.165) is 16.6 Å². The fraction of sp³-hybridized carbons (Fsp3) is 0.308. The zero-order chi connectivity index (χ0) is 26.0. The normalized spacial score (nSPS) is 13.9. The van der Waals surface area contributed by atoms with Crippen molar-refractivity contribution in [2.75, 3.05) is 11.9 Å². The summed E-state index contributed by atoms with van der Waals surface area (Å²) < 4.78 is 18.1. The molecule has 190 valence electrons. The second-order valence-electron chi connectivity index (χ2n) is 9.46. The largest absolute Gasteiger partial charge is 0.465 e. The van der Waals surface area contributed by atoms with Gasteiger partial charge >= 0.3 is 6.09 Å². The third-order valence-corrected chi connectivity index (χ3v) is 5.22. The van der Waals surface area contributed by atoms with Gasteiger partial charge in [0.05, 0.1) is 18.3 Å². The van der Waals surface area contributed by atoms with Crippen LogP contribution < -0.4 is 10.1 Å². The highest BCUT2D eigenvalue weighted by Gasteiger charge is 2.20. The van der Waals surface area contributed by atoms with Gasteiger partial charge in [-0.3, -0.25) is 0 Å². The first kappa shape index (κ1) is 24.3. The SMILES string of the molecule is CC(OCC1N=N1)Oc1cccc(-c2nccc(Nc3ccc4c(cnn4C(=O)OC(C)(C)C)c3)n2)c1. The molecule has 1 atom stereocenters. The summed E-state index contributed by atoms with van der Waals surface area (Å²) in [6.45, 7) is 7.68. The Morgan fingerprint density at radius 3 is 2.76 bits per heavy atom. The fourth-order valence-electron chi connectivity index (χ4n) is 3.55. The molecule has 0 saturated carbocycles. The Kier molecular flexibility index (Phi) is 6.53. The summed E-state index contributed by atoms with van der Waals surface area (Å²) in [6.07, 6.45) is 2.28. The van der Waals surface area contributed by atoms with Crippen molar-refractivity contribution in [1.82, 2.24) is 19.7 Å². The second kappa shape index (κ2) is 9.94. The van der Waals surface area contributed by atoms with Gasteiger partial charge in [-0.2, -0.15) is 20.0 Å². The molecule has 1 aliphatic rings. The molecule has 4 aromatic rings. The molecule has 11 heteroatoms. The highest BCUT2D eigenvalue weighted by Crippen LogP contribution is 2.26. The van der Waals surface area contributed by atoms with Gasteiger partial charge in [-0.25, -0.2) is 14.8 Å². The van der Waals surface area contributed by atoms with Gasteiger partial charge in [0, 0.05) is 22.8 Å². The first-order valence-corrected chi connectivity index (χ1v) is 11.8. The van der Waals surface area contributed by atoms with Crippen molar-refractivity contribution in [3.05, 3.63) is 60.9 Å². The van der Waals surface area contributed by atoms with Crippen LogP contribution in [0.4, 0.5) is 16.3 Å². The molecule has 0 spiro atoms. The molecule has 2 aromatic carbocycles. The highest BCUT2D eigenvalue weighted by molar-refractivity contribution is 5.90. The zero-order valence-corrected chi connectivity index (χ0v) is 21.0. The Hall–Kier alpha value is -4.38. The number of anilines is 2. The van der Waals surface area contributed by atoms with Crippen LogP contribution in [0.3, 0.4) is 0 Å². The molecular formula is C26H27N7O4. The van der Waals surface area contributed by atoms with Gasteiger partial charge in [0.1, 0.15) is 17.2 Å². The Morgan fingerprint density at radius 1 is 1.14 bits per heavy atom. The topological polar surface area (TPSA) is 125 Å². The number of hydrogen-bond acceptors (Lipinski definition) is 10. The minimum atomic E-state index is -0.609. The van der Waals surface area contributed by atoms with Gasteiger partial charge in [-0.1, -0.05) is 12.1 Å². The fourth-order valence-corrected chi connectivity index (χ4v) is 3.55. The van der Waals surface area contributed by atoms with Crippen LogP contribution in [-0.2, 0) is 9.47 Å². The lowest BCUT2D eigenvalue weighted by atomic mass is 10.2. The van der Waals surface area contributed by atoms with Gasteiger partial charge in [0.25, 0.3) is 0 Å². The molecule has 0 amide bonds. The van der Waals surface area contributed by atoms with Crippen LogP contribution in [0.25, 0.3) is 22.3 Å². The monoisotopic (exact) mass is 501 g/mol. The van der Waals surface area contributed by atoms with E-state index in [1.54, 1.807) is 18.5 Å². The summed E-state index contributed by atoms with van der Waals surface area (Å²) in [7, 11) is 0. The van der Waals surface area contributed by atoms with Crippen molar-refractivity contribution in [2.45, 2.75) is 45.8 Å². The summed E-state index contributed by atoms with van der Waals surface area (Å²) in [5.74, 6) is 1.80. The maximum Gasteiger partial charge on any atom is 0.435 e. The predicted octanol–water partition coefficient (Wildman–Crippen LogP) is 5.55. The zero-order valence-electron chi connectivity index (χ0n) is 21.0. The van der Waals surface area contributed by atoms with E-state index in [1.807, 2.05) is 70.2 Å². The standard InChI is InChI=1S/C26H27N7O4/c1-16(35-15-23-31-32-23)36-20-7-5-6-17(13-20)24-27-11-10-22(30-24)29-19-8-9-21-18(12-19)14-28-33(21)25(34)37-26(2,3)4/h5-14,16,23H,15H2,1-4H3,(H,27,29,30). The van der Waals surface area contributed by atoms with E-state index in [0.29, 0.717) is 29.5 Å². The minimum absolute atomic E-state index is 0.0668. The average molecular weight is 502 g/mol. The lowest BCUT2D eigenvalue weighted by Gasteiger charge is -2.19. The summed E-state index contributed by atoms with van der Waals surface area (Å²) in [5.41, 5.74) is 1.63. The number of aromatic nitrogens is 4. The van der Waals surface area contributed by atoms with Crippen LogP contribution in [-0.4, -0.2) is 50.5 Å². The van der Waals surface area contributed by atoms with Crippen LogP contribution in [0.1, 0.15) is 27.7 Å². The van der Waals surface area contributed by atoms with Gasteiger partial charge in [0.2, 0.25) is 6.17 Å². The summed E-state index contributed by atoms with van der Waals surface area (Å²) >= 11 is 0. The number of nitrogens with zero attached hydrogens (tertiary/aromatic N) is 6. The van der Waals surface area contributed by atoms with E-state index in [9.17, 15) is 4.79 Å². The molecule has 0 fully saturated rings. The van der Waals surface area contributed by atoms with Crippen LogP contribution in [0.2, 0.25) is 0 Å². The first-order valence-electron chi connectivity index (χ1n) is 11.8. The Labute approximate surface area is 213 Å². The molecule has 3 heterocycles. The van der Waals surface area contributed by atoms with Crippen molar-refractivity contribution in [3.8, 4) is 17.1 Å². The number of fused-ring (bicyclic) bond motifs is 1. The van der Waals surface area contributed by atoms with Crippen molar-refractivity contribution in [3.63, 3.8) is 0 Å². The number of rotatable bonds is 8. The van der Waals surface area contributed by atoms with Crippen LogP contribution in [0.5, 0.6) is 5.75 Å². The van der Waals surface area contributed by atoms with Gasteiger partial charge in [0.15, 0.2) is 12.1 Å². The lowest BCUT2D eigenvalue weighted by molar-refractivity contribution is -0.0664. The number of benzene rings is 2. The smallest absolute Gasteiger partial charge is 0.435 e. The quantitative estimate of drug-likeness (QED) is 0.311. The number of hydrogen-bond donors (Lipinski definition) is 1. The molecule has 5 rings (SSSR count). The molecule has 0 saturated heterocycles. The third kappa shape index (κ3) is 6.25. The van der Waals surface area contributed by atoms with Crippen molar-refractivity contribution in [1.29, 1.82) is 0 Å². The maximum absolute atomic E-state index is 12.5. The predicted molar refractivity (Wildman–Crippen MR) is 137 cm³/mol. The summed E-state index contributed by atoms with van der Waals surface area (Å²) in [6, 6.07) is 14.8. The molecule has 1 aliphatic heterocycles. The van der Waals surface area contributed by atoms with Crippen molar-refractivity contribution < 1.29 is 19.0 Å². The van der Waals surface area contributed by atoms with Crippen LogP contribution in [0.15, 0.2) is 71.2 Å². The minimum Gasteiger partial charge on any atom is -0.465 e. The Bertz CT molecular complexity index is 1450. The van der Waals surface area contributed by atoms with Crippen molar-refractivity contribution >= 4 is 28.5 Å². The molecule has 0 bridgehead atoms. The number of carbonyl (C=O) groups excluding carboxylic acids is 1. The van der Waals surface area contributed by atoms with E-state index in [1.165, 1.54) is 4.68 Å². The van der Waals surface area contributed by atoms with E-state index in [-0.39, 0.29) is 6.17 Å². The second-order valence-corrected chi connectivity index (χ2v) is 9.46. The third-order valence-electron chi connectivity index (χ3n) is 5.22. The first-order chi connectivity index (χ1) is 17.7. The van der Waals surface area contributed by atoms with E-state index < -0.39 is 18.0 Å². The number of carbonyl (C=O) groups is 1. The molecular weight excluding hydrogens is 474 g/mol. The maximum atomic E-state index is 12.5. The number of ether oxygens (including phenoxy) is 3. The Morgan fingerprint density at radius 2 is 1.97 bits per heavy atom. The van der Waals surface area contributed by atoms with E-state index in [2.05, 4.69) is 30.6 Å². The average Bonchev–Trinajstić information content (AvgIpc) is 3.59. The molecule has 0 radical (unpaired) electrons. The Balaban J connectivity index is 1.28. The summed E-state index contributed by atoms with van der Waals surface area (Å²) in [5, 5.41) is 15.9. The molecule has 11 nitrogen and oxygen atoms in total. The molecule has 2 aromatic heterocycles. The molecule has 37 heavy (non-hydrogen) atoms. The lowest BCUT2D eigenvalue weighted by Crippen LogP contribution is -2.27. The molecule has 1 N–H and O–H groups in total. The van der Waals surface area contributed by atoms with Gasteiger partial charge < -0.3 is 19.5 Å². The highest BCUT2D eigenvalue weighted by atomic mass is 16.7. The molecule has 1 unspecified atom stereocenters. The number of nitrogens with one attached hydrogen (secondary N) is 1. The van der Waals surface area contributed by atoms with Gasteiger partial charge in [-0.05, 0) is 64.1 Å². The van der Waals surface area contributed by atoms with Gasteiger partial charge in [-0.15, -0.1) is 0 Å². The van der Waals surface area contributed by atoms with E-state index >= 15 is 0 Å². The summed E-state index contributed by atoms with van der Waals surface area (Å²) in [4.78, 5) is 21.5. The van der Waals surface area contributed by atoms with Crippen LogP contribution >= 0.6 is 0 Å². The van der Waals surface area contributed by atoms with Crippen molar-refractivity contribution in [2.24, 2.45) is 10.2 Å². The van der Waals surface area contributed by atoms with E-state index in [4.69, 9.17) is 14.2 Å². The molecule has 0 aliphatic carbocycles.